The molecule has 2 rings (SSSR count). The molecule has 29 heavy (non-hydrogen) atoms. The third-order valence-electron chi connectivity index (χ3n) is 3.78. The average Bonchev–Trinajstić information content (AvgIpc) is 2.62. The molecule has 2 aromatic rings. The fraction of sp³-hybridized carbons (Fsp3) is 0.238. The number of carbonyl (C=O) groups excluding carboxylic acids is 4. The van der Waals surface area contributed by atoms with E-state index in [2.05, 4.69) is 16.0 Å². The number of carbonyl (C=O) groups is 4. The van der Waals surface area contributed by atoms with Crippen LogP contribution in [0, 0.1) is 6.92 Å². The summed E-state index contributed by atoms with van der Waals surface area (Å²) in [7, 11) is 0. The van der Waals surface area contributed by atoms with Crippen LogP contribution < -0.4 is 16.0 Å². The van der Waals surface area contributed by atoms with Crippen molar-refractivity contribution in [3.8, 4) is 0 Å². The van der Waals surface area contributed by atoms with Gasteiger partial charge in [-0.25, -0.2) is 4.79 Å². The lowest BCUT2D eigenvalue weighted by Gasteiger charge is -2.15. The molecule has 0 aliphatic heterocycles. The summed E-state index contributed by atoms with van der Waals surface area (Å²) >= 11 is 0. The maximum Gasteiger partial charge on any atom is 0.339 e. The smallest absolute Gasteiger partial charge is 0.339 e. The van der Waals surface area contributed by atoms with Gasteiger partial charge < -0.3 is 20.7 Å². The molecule has 3 N–H and O–H groups in total. The number of benzene rings is 2. The average molecular weight is 397 g/mol. The molecule has 0 aliphatic carbocycles. The number of hydrogen-bond acceptors (Lipinski definition) is 5. The van der Waals surface area contributed by atoms with Crippen LogP contribution in [0.4, 0.5) is 17.1 Å². The van der Waals surface area contributed by atoms with E-state index >= 15 is 0 Å². The molecule has 0 aliphatic rings. The van der Waals surface area contributed by atoms with Crippen molar-refractivity contribution in [3.63, 3.8) is 0 Å². The Hall–Kier alpha value is -3.68. The lowest BCUT2D eigenvalue weighted by molar-refractivity contribution is -0.123. The second kappa shape index (κ2) is 9.50. The number of esters is 1. The summed E-state index contributed by atoms with van der Waals surface area (Å²) in [6.07, 6.45) is -1.06. The Morgan fingerprint density at radius 2 is 1.31 bits per heavy atom. The van der Waals surface area contributed by atoms with Crippen molar-refractivity contribution in [2.75, 3.05) is 16.0 Å². The predicted molar refractivity (Wildman–Crippen MR) is 110 cm³/mol. The Labute approximate surface area is 168 Å². The molecule has 0 spiro atoms. The van der Waals surface area contributed by atoms with Crippen molar-refractivity contribution in [3.05, 3.63) is 53.6 Å². The molecule has 0 radical (unpaired) electrons. The monoisotopic (exact) mass is 397 g/mol. The highest BCUT2D eigenvalue weighted by molar-refractivity contribution is 6.00. The first-order chi connectivity index (χ1) is 13.6. The van der Waals surface area contributed by atoms with Gasteiger partial charge in [0.15, 0.2) is 6.10 Å². The highest BCUT2D eigenvalue weighted by Gasteiger charge is 2.20. The van der Waals surface area contributed by atoms with Gasteiger partial charge in [-0.15, -0.1) is 0 Å². The molecule has 152 valence electrons. The first kappa shape index (κ1) is 21.6. The van der Waals surface area contributed by atoms with Crippen LogP contribution in [0.5, 0.6) is 0 Å². The van der Waals surface area contributed by atoms with Gasteiger partial charge in [0.2, 0.25) is 11.8 Å². The number of hydrogen-bond donors (Lipinski definition) is 3. The van der Waals surface area contributed by atoms with E-state index in [9.17, 15) is 19.2 Å². The molecular weight excluding hydrogens is 374 g/mol. The number of amides is 3. The van der Waals surface area contributed by atoms with Gasteiger partial charge in [0.05, 0.1) is 5.56 Å². The van der Waals surface area contributed by atoms with Crippen molar-refractivity contribution in [2.45, 2.75) is 33.8 Å². The van der Waals surface area contributed by atoms with Crippen LogP contribution >= 0.6 is 0 Å². The minimum atomic E-state index is -1.06. The van der Waals surface area contributed by atoms with Crippen molar-refractivity contribution >= 4 is 40.8 Å². The molecule has 0 bridgehead atoms. The SMILES string of the molecule is CC(=O)Nc1cc(NC(C)=O)cc(C(=O)OC(C)C(=O)Nc2ccc(C)cc2)c1. The van der Waals surface area contributed by atoms with Crippen LogP contribution in [0.25, 0.3) is 0 Å². The van der Waals surface area contributed by atoms with E-state index in [-0.39, 0.29) is 17.4 Å². The zero-order chi connectivity index (χ0) is 21.6. The lowest BCUT2D eigenvalue weighted by atomic mass is 10.1. The number of anilines is 3. The molecule has 3 amide bonds. The van der Waals surface area contributed by atoms with Gasteiger partial charge in [-0.05, 0) is 44.2 Å². The minimum absolute atomic E-state index is 0.0787. The predicted octanol–water partition coefficient (Wildman–Crippen LogP) is 3.10. The standard InChI is InChI=1S/C21H23N3O5/c1-12-5-7-17(8-6-12)24-20(27)13(2)29-21(28)16-9-18(22-14(3)25)11-19(10-16)23-15(4)26/h5-11,13H,1-4H3,(H,22,25)(H,23,26)(H,24,27). The van der Waals surface area contributed by atoms with Crippen LogP contribution in [0.15, 0.2) is 42.5 Å². The zero-order valence-corrected chi connectivity index (χ0v) is 16.7. The summed E-state index contributed by atoms with van der Waals surface area (Å²) in [6, 6.07) is 11.5. The Balaban J connectivity index is 2.12. The Kier molecular flexibility index (Phi) is 7.08. The summed E-state index contributed by atoms with van der Waals surface area (Å²) < 4.78 is 5.24. The lowest BCUT2D eigenvalue weighted by Crippen LogP contribution is -2.30. The van der Waals surface area contributed by atoms with Crippen molar-refractivity contribution in [1.82, 2.24) is 0 Å². The topological polar surface area (TPSA) is 114 Å². The summed E-state index contributed by atoms with van der Waals surface area (Å²) in [5.74, 6) is -1.93. The summed E-state index contributed by atoms with van der Waals surface area (Å²) in [6.45, 7) is 6.02. The maximum atomic E-state index is 12.5. The van der Waals surface area contributed by atoms with E-state index in [1.165, 1.54) is 39.0 Å². The number of aryl methyl sites for hydroxylation is 1. The maximum absolute atomic E-state index is 12.5. The molecule has 2 aromatic carbocycles. The minimum Gasteiger partial charge on any atom is -0.449 e. The second-order valence-corrected chi connectivity index (χ2v) is 6.56. The molecule has 1 atom stereocenters. The van der Waals surface area contributed by atoms with E-state index in [1.54, 1.807) is 12.1 Å². The zero-order valence-electron chi connectivity index (χ0n) is 16.7. The summed E-state index contributed by atoms with van der Waals surface area (Å²) in [5, 5.41) is 7.77. The van der Waals surface area contributed by atoms with Crippen LogP contribution in [-0.4, -0.2) is 29.8 Å². The largest absolute Gasteiger partial charge is 0.449 e. The fourth-order valence-corrected chi connectivity index (χ4v) is 2.46. The molecule has 0 saturated heterocycles. The van der Waals surface area contributed by atoms with Crippen LogP contribution in [0.2, 0.25) is 0 Å². The number of nitrogens with one attached hydrogen (secondary N) is 3. The van der Waals surface area contributed by atoms with Gasteiger partial charge in [0.1, 0.15) is 0 Å². The fourth-order valence-electron chi connectivity index (χ4n) is 2.46. The third kappa shape index (κ3) is 6.76. The van der Waals surface area contributed by atoms with Gasteiger partial charge >= 0.3 is 5.97 Å². The molecule has 0 saturated carbocycles. The first-order valence-corrected chi connectivity index (χ1v) is 8.93. The Bertz CT molecular complexity index is 904. The molecular formula is C21H23N3O5. The van der Waals surface area contributed by atoms with E-state index in [0.29, 0.717) is 17.1 Å². The molecule has 0 fully saturated rings. The van der Waals surface area contributed by atoms with Crippen LogP contribution in [0.3, 0.4) is 0 Å². The normalized spacial score (nSPS) is 11.2. The quantitative estimate of drug-likeness (QED) is 0.648. The molecule has 8 nitrogen and oxygen atoms in total. The molecule has 8 heteroatoms. The van der Waals surface area contributed by atoms with Crippen molar-refractivity contribution in [2.24, 2.45) is 0 Å². The van der Waals surface area contributed by atoms with Gasteiger partial charge in [0.25, 0.3) is 5.91 Å². The second-order valence-electron chi connectivity index (χ2n) is 6.56. The van der Waals surface area contributed by atoms with Gasteiger partial charge in [0, 0.05) is 30.9 Å². The van der Waals surface area contributed by atoms with Crippen LogP contribution in [-0.2, 0) is 19.1 Å². The van der Waals surface area contributed by atoms with Crippen molar-refractivity contribution in [1.29, 1.82) is 0 Å². The highest BCUT2D eigenvalue weighted by atomic mass is 16.5. The van der Waals surface area contributed by atoms with Gasteiger partial charge in [-0.3, -0.25) is 14.4 Å². The van der Waals surface area contributed by atoms with E-state index in [1.807, 2.05) is 19.1 Å². The molecule has 0 aromatic heterocycles. The summed E-state index contributed by atoms with van der Waals surface area (Å²) in [5.41, 5.74) is 2.34. The van der Waals surface area contributed by atoms with Gasteiger partial charge in [-0.2, -0.15) is 0 Å². The number of rotatable bonds is 6. The van der Waals surface area contributed by atoms with E-state index in [0.717, 1.165) is 5.56 Å². The highest BCUT2D eigenvalue weighted by Crippen LogP contribution is 2.21. The first-order valence-electron chi connectivity index (χ1n) is 8.93. The van der Waals surface area contributed by atoms with Crippen LogP contribution in [0.1, 0.15) is 36.7 Å². The third-order valence-corrected chi connectivity index (χ3v) is 3.78. The molecule has 1 unspecified atom stereocenters. The van der Waals surface area contributed by atoms with E-state index in [4.69, 9.17) is 4.74 Å². The van der Waals surface area contributed by atoms with Gasteiger partial charge in [-0.1, -0.05) is 17.7 Å². The van der Waals surface area contributed by atoms with Crippen molar-refractivity contribution < 1.29 is 23.9 Å². The Morgan fingerprint density at radius 3 is 1.79 bits per heavy atom. The molecule has 0 heterocycles. The van der Waals surface area contributed by atoms with E-state index < -0.39 is 18.0 Å². The Morgan fingerprint density at radius 1 is 0.793 bits per heavy atom. The summed E-state index contributed by atoms with van der Waals surface area (Å²) in [4.78, 5) is 47.4. The number of ether oxygens (including phenoxy) is 1.